The molecular weight excluding hydrogens is 292 g/mol. The van der Waals surface area contributed by atoms with Crippen molar-refractivity contribution < 1.29 is 17.9 Å². The van der Waals surface area contributed by atoms with Crippen LogP contribution in [0.15, 0.2) is 24.3 Å². The molecular formula is C14H22N2O4S. The molecule has 1 N–H and O–H groups in total. The number of hydrogen-bond donors (Lipinski definition) is 1. The predicted octanol–water partition coefficient (Wildman–Crippen LogP) is 1.15. The summed E-state index contributed by atoms with van der Waals surface area (Å²) >= 11 is 0. The van der Waals surface area contributed by atoms with Crippen LogP contribution in [0.2, 0.25) is 0 Å². The standard InChI is InChI=1S/C14H22N2O4S/c1-5-20-13-8-6-12(7-9-13)11(2)15-14(17)10-16(3)21(4,18)19/h6-9,11H,5,10H2,1-4H3,(H,15,17)/t11-/m1/s1. The Kier molecular flexibility index (Phi) is 6.17. The fourth-order valence-corrected chi connectivity index (χ4v) is 2.06. The van der Waals surface area contributed by atoms with Crippen LogP contribution in [0.1, 0.15) is 25.5 Å². The normalized spacial score (nSPS) is 13.0. The highest BCUT2D eigenvalue weighted by Gasteiger charge is 2.17. The quantitative estimate of drug-likeness (QED) is 0.819. The maximum Gasteiger partial charge on any atom is 0.235 e. The van der Waals surface area contributed by atoms with Crippen LogP contribution in [0, 0.1) is 0 Å². The van der Waals surface area contributed by atoms with Gasteiger partial charge >= 0.3 is 0 Å². The fraction of sp³-hybridized carbons (Fsp3) is 0.500. The van der Waals surface area contributed by atoms with E-state index in [9.17, 15) is 13.2 Å². The number of nitrogens with zero attached hydrogens (tertiary/aromatic N) is 1. The van der Waals surface area contributed by atoms with Gasteiger partial charge in [-0.15, -0.1) is 0 Å². The first-order valence-corrected chi connectivity index (χ1v) is 8.52. The monoisotopic (exact) mass is 314 g/mol. The van der Waals surface area contributed by atoms with Gasteiger partial charge in [0.05, 0.1) is 25.4 Å². The van der Waals surface area contributed by atoms with Crippen molar-refractivity contribution in [2.24, 2.45) is 0 Å². The summed E-state index contributed by atoms with van der Waals surface area (Å²) in [5.41, 5.74) is 0.925. The fourth-order valence-electron chi connectivity index (χ4n) is 1.71. The maximum atomic E-state index is 11.8. The Hall–Kier alpha value is -1.60. The van der Waals surface area contributed by atoms with E-state index >= 15 is 0 Å². The van der Waals surface area contributed by atoms with E-state index in [1.54, 1.807) is 0 Å². The second kappa shape index (κ2) is 7.42. The van der Waals surface area contributed by atoms with Gasteiger partial charge in [0.15, 0.2) is 0 Å². The van der Waals surface area contributed by atoms with Gasteiger partial charge in [0.25, 0.3) is 0 Å². The van der Waals surface area contributed by atoms with Crippen molar-refractivity contribution in [2.75, 3.05) is 26.5 Å². The van der Waals surface area contributed by atoms with Gasteiger partial charge in [-0.3, -0.25) is 4.79 Å². The summed E-state index contributed by atoms with van der Waals surface area (Å²) in [5, 5.41) is 2.76. The molecule has 1 aromatic carbocycles. The second-order valence-corrected chi connectivity index (χ2v) is 6.90. The highest BCUT2D eigenvalue weighted by atomic mass is 32.2. The smallest absolute Gasteiger partial charge is 0.235 e. The minimum atomic E-state index is -3.35. The topological polar surface area (TPSA) is 75.7 Å². The van der Waals surface area contributed by atoms with Crippen LogP contribution in [0.3, 0.4) is 0 Å². The average Bonchev–Trinajstić information content (AvgIpc) is 2.38. The van der Waals surface area contributed by atoms with Crippen molar-refractivity contribution in [2.45, 2.75) is 19.9 Å². The number of ether oxygens (including phenoxy) is 1. The van der Waals surface area contributed by atoms with Gasteiger partial charge in [-0.05, 0) is 31.5 Å². The van der Waals surface area contributed by atoms with Gasteiger partial charge in [0, 0.05) is 7.05 Å². The van der Waals surface area contributed by atoms with Gasteiger partial charge in [0.2, 0.25) is 15.9 Å². The molecule has 118 valence electrons. The van der Waals surface area contributed by atoms with Gasteiger partial charge in [-0.1, -0.05) is 12.1 Å². The third-order valence-corrected chi connectivity index (χ3v) is 4.26. The third kappa shape index (κ3) is 5.73. The molecule has 1 rings (SSSR count). The minimum Gasteiger partial charge on any atom is -0.494 e. The van der Waals surface area contributed by atoms with Gasteiger partial charge < -0.3 is 10.1 Å². The van der Waals surface area contributed by atoms with Crippen LogP contribution in [0.25, 0.3) is 0 Å². The summed E-state index contributed by atoms with van der Waals surface area (Å²) in [7, 11) is -1.98. The van der Waals surface area contributed by atoms with Crippen molar-refractivity contribution in [3.05, 3.63) is 29.8 Å². The molecule has 0 heterocycles. The van der Waals surface area contributed by atoms with Crippen LogP contribution >= 0.6 is 0 Å². The van der Waals surface area contributed by atoms with Crippen LogP contribution in [-0.2, 0) is 14.8 Å². The van der Waals surface area contributed by atoms with Gasteiger partial charge in [0.1, 0.15) is 5.75 Å². The van der Waals surface area contributed by atoms with Gasteiger partial charge in [-0.25, -0.2) is 8.42 Å². The molecule has 0 spiro atoms. The molecule has 0 fully saturated rings. The Morgan fingerprint density at radius 1 is 1.33 bits per heavy atom. The lowest BCUT2D eigenvalue weighted by molar-refractivity contribution is -0.121. The summed E-state index contributed by atoms with van der Waals surface area (Å²) in [5.74, 6) is 0.431. The van der Waals surface area contributed by atoms with E-state index in [4.69, 9.17) is 4.74 Å². The molecule has 1 atom stereocenters. The average molecular weight is 314 g/mol. The molecule has 6 nitrogen and oxygen atoms in total. The maximum absolute atomic E-state index is 11.8. The Labute approximate surface area is 126 Å². The lowest BCUT2D eigenvalue weighted by Crippen LogP contribution is -2.38. The Morgan fingerprint density at radius 2 is 1.90 bits per heavy atom. The first-order valence-electron chi connectivity index (χ1n) is 6.67. The largest absolute Gasteiger partial charge is 0.494 e. The van der Waals surface area contributed by atoms with E-state index in [2.05, 4.69) is 5.32 Å². The molecule has 1 amide bonds. The van der Waals surface area contributed by atoms with E-state index in [0.29, 0.717) is 6.61 Å². The summed E-state index contributed by atoms with van der Waals surface area (Å²) in [6.45, 7) is 4.16. The molecule has 0 aromatic heterocycles. The molecule has 0 radical (unpaired) electrons. The number of rotatable bonds is 7. The predicted molar refractivity (Wildman–Crippen MR) is 81.6 cm³/mol. The van der Waals surface area contributed by atoms with Crippen LogP contribution in [0.4, 0.5) is 0 Å². The molecule has 0 aliphatic heterocycles. The van der Waals surface area contributed by atoms with Crippen molar-refractivity contribution in [1.82, 2.24) is 9.62 Å². The van der Waals surface area contributed by atoms with E-state index in [0.717, 1.165) is 21.9 Å². The highest BCUT2D eigenvalue weighted by Crippen LogP contribution is 2.17. The van der Waals surface area contributed by atoms with E-state index < -0.39 is 10.0 Å². The van der Waals surface area contributed by atoms with Crippen molar-refractivity contribution in [3.63, 3.8) is 0 Å². The number of hydrogen-bond acceptors (Lipinski definition) is 4. The number of likely N-dealkylation sites (N-methyl/N-ethyl adjacent to an activating group) is 1. The lowest BCUT2D eigenvalue weighted by Gasteiger charge is -2.18. The molecule has 21 heavy (non-hydrogen) atoms. The molecule has 0 saturated carbocycles. The molecule has 1 aromatic rings. The van der Waals surface area contributed by atoms with Crippen molar-refractivity contribution in [1.29, 1.82) is 0 Å². The number of amides is 1. The number of nitrogens with one attached hydrogen (secondary N) is 1. The molecule has 0 unspecified atom stereocenters. The van der Waals surface area contributed by atoms with E-state index in [1.807, 2.05) is 38.1 Å². The summed E-state index contributed by atoms with van der Waals surface area (Å²) in [6, 6.07) is 7.21. The summed E-state index contributed by atoms with van der Waals surface area (Å²) in [4.78, 5) is 11.8. The first-order chi connectivity index (χ1) is 9.74. The van der Waals surface area contributed by atoms with Crippen LogP contribution < -0.4 is 10.1 Å². The van der Waals surface area contributed by atoms with E-state index in [-0.39, 0.29) is 18.5 Å². The minimum absolute atomic E-state index is 0.194. The second-order valence-electron chi connectivity index (χ2n) is 4.81. The zero-order chi connectivity index (χ0) is 16.0. The molecule has 0 aliphatic rings. The van der Waals surface area contributed by atoms with Crippen LogP contribution in [-0.4, -0.2) is 45.1 Å². The number of carbonyl (C=O) groups is 1. The Balaban J connectivity index is 2.60. The molecule has 7 heteroatoms. The first kappa shape index (κ1) is 17.5. The van der Waals surface area contributed by atoms with E-state index in [1.165, 1.54) is 7.05 Å². The number of carbonyl (C=O) groups excluding carboxylic acids is 1. The SMILES string of the molecule is CCOc1ccc([C@@H](C)NC(=O)CN(C)S(C)(=O)=O)cc1. The van der Waals surface area contributed by atoms with Gasteiger partial charge in [-0.2, -0.15) is 4.31 Å². The van der Waals surface area contributed by atoms with Crippen molar-refractivity contribution in [3.8, 4) is 5.75 Å². The lowest BCUT2D eigenvalue weighted by atomic mass is 10.1. The molecule has 0 bridgehead atoms. The molecule has 0 aliphatic carbocycles. The highest BCUT2D eigenvalue weighted by molar-refractivity contribution is 7.88. The summed E-state index contributed by atoms with van der Waals surface area (Å²) in [6.07, 6.45) is 1.07. The zero-order valence-corrected chi connectivity index (χ0v) is 13.6. The van der Waals surface area contributed by atoms with Crippen molar-refractivity contribution >= 4 is 15.9 Å². The Morgan fingerprint density at radius 3 is 2.38 bits per heavy atom. The van der Waals surface area contributed by atoms with Crippen LogP contribution in [0.5, 0.6) is 5.75 Å². The Bertz CT molecular complexity index is 569. The number of benzene rings is 1. The molecule has 0 saturated heterocycles. The third-order valence-electron chi connectivity index (χ3n) is 3.00. The summed E-state index contributed by atoms with van der Waals surface area (Å²) < 4.78 is 28.9. The number of sulfonamides is 1. The zero-order valence-electron chi connectivity index (χ0n) is 12.8.